The van der Waals surface area contributed by atoms with Crippen LogP contribution in [-0.2, 0) is 16.8 Å². The summed E-state index contributed by atoms with van der Waals surface area (Å²) < 4.78 is 0. The maximum atomic E-state index is 10.7. The lowest BCUT2D eigenvalue weighted by Gasteiger charge is -2.23. The molecule has 1 aliphatic rings. The smallest absolute Gasteiger partial charge is 0.303 e. The molecule has 5 heteroatoms. The Hall–Kier alpha value is -2.53. The van der Waals surface area contributed by atoms with Crippen molar-refractivity contribution in [3.05, 3.63) is 59.7 Å². The zero-order chi connectivity index (χ0) is 18.7. The maximum Gasteiger partial charge on any atom is 0.303 e. The van der Waals surface area contributed by atoms with Crippen LogP contribution in [0.15, 0.2) is 48.5 Å². The van der Waals surface area contributed by atoms with Gasteiger partial charge in [-0.25, -0.2) is 0 Å². The molecule has 0 amide bonds. The third-order valence-electron chi connectivity index (χ3n) is 4.89. The number of anilines is 2. The summed E-state index contributed by atoms with van der Waals surface area (Å²) in [7, 11) is 0. The molecule has 0 aromatic heterocycles. The molecule has 0 bridgehead atoms. The van der Waals surface area contributed by atoms with Gasteiger partial charge >= 0.3 is 5.97 Å². The molecule has 3 N–H and O–H groups in total. The van der Waals surface area contributed by atoms with Crippen LogP contribution in [0.3, 0.4) is 0 Å². The summed E-state index contributed by atoms with van der Waals surface area (Å²) in [6.07, 6.45) is 0.748. The van der Waals surface area contributed by atoms with E-state index in [2.05, 4.69) is 46.2 Å². The highest BCUT2D eigenvalue weighted by molar-refractivity contribution is 5.67. The Balaban J connectivity index is 1.62. The summed E-state index contributed by atoms with van der Waals surface area (Å²) in [5.41, 5.74) is 10.4. The minimum atomic E-state index is -0.756. The van der Waals surface area contributed by atoms with E-state index in [0.29, 0.717) is 6.42 Å². The number of nitrogens with two attached hydrogens (primary N) is 1. The summed E-state index contributed by atoms with van der Waals surface area (Å²) in [5, 5.41) is 8.78. The first kappa shape index (κ1) is 18.3. The Labute approximate surface area is 155 Å². The lowest BCUT2D eigenvalue weighted by Crippen LogP contribution is -2.29. The summed E-state index contributed by atoms with van der Waals surface area (Å²) in [6, 6.07) is 16.7. The molecule has 0 spiro atoms. The van der Waals surface area contributed by atoms with Gasteiger partial charge in [-0.15, -0.1) is 0 Å². The first-order chi connectivity index (χ1) is 12.3. The minimum Gasteiger partial charge on any atom is -0.481 e. The van der Waals surface area contributed by atoms with E-state index in [1.165, 1.54) is 11.4 Å². The minimum absolute atomic E-state index is 0.173. The Bertz CT molecular complexity index is 748. The maximum absolute atomic E-state index is 10.7. The summed E-state index contributed by atoms with van der Waals surface area (Å²) >= 11 is 0. The third kappa shape index (κ3) is 4.35. The average molecular weight is 353 g/mol. The third-order valence-corrected chi connectivity index (χ3v) is 4.89. The number of rotatable bonds is 6. The number of hydrogen-bond acceptors (Lipinski definition) is 4. The van der Waals surface area contributed by atoms with Crippen molar-refractivity contribution in [2.45, 2.75) is 32.2 Å². The quantitative estimate of drug-likeness (QED) is 0.835. The van der Waals surface area contributed by atoms with E-state index in [0.717, 1.165) is 30.9 Å². The molecule has 0 aliphatic carbocycles. The van der Waals surface area contributed by atoms with Gasteiger partial charge in [-0.1, -0.05) is 24.3 Å². The first-order valence-corrected chi connectivity index (χ1v) is 9.03. The molecule has 26 heavy (non-hydrogen) atoms. The lowest BCUT2D eigenvalue weighted by atomic mass is 9.95. The fourth-order valence-corrected chi connectivity index (χ4v) is 3.24. The van der Waals surface area contributed by atoms with Crippen LogP contribution in [-0.4, -0.2) is 30.8 Å². The van der Waals surface area contributed by atoms with Crippen LogP contribution >= 0.6 is 0 Å². The molecular weight excluding hydrogens is 326 g/mol. The molecule has 1 aliphatic heterocycles. The van der Waals surface area contributed by atoms with Gasteiger partial charge in [0.1, 0.15) is 0 Å². The highest BCUT2D eigenvalue weighted by atomic mass is 16.4. The van der Waals surface area contributed by atoms with E-state index in [9.17, 15) is 4.79 Å². The van der Waals surface area contributed by atoms with Crippen molar-refractivity contribution in [3.63, 3.8) is 0 Å². The Morgan fingerprint density at radius 1 is 1.00 bits per heavy atom. The van der Waals surface area contributed by atoms with Crippen molar-refractivity contribution in [1.29, 1.82) is 0 Å². The van der Waals surface area contributed by atoms with E-state index >= 15 is 0 Å². The van der Waals surface area contributed by atoms with Crippen molar-refractivity contribution in [1.82, 2.24) is 0 Å². The summed E-state index contributed by atoms with van der Waals surface area (Å²) in [4.78, 5) is 15.4. The van der Waals surface area contributed by atoms with Crippen LogP contribution in [0.4, 0.5) is 11.4 Å². The van der Waals surface area contributed by atoms with Gasteiger partial charge in [0.05, 0.1) is 6.67 Å². The highest BCUT2D eigenvalue weighted by Gasteiger charge is 2.21. The molecule has 0 saturated carbocycles. The molecule has 2 aromatic carbocycles. The number of carbonyl (C=O) groups is 1. The fraction of sp³-hybridized carbons (Fsp3) is 0.381. The van der Waals surface area contributed by atoms with Crippen LogP contribution in [0.25, 0.3) is 0 Å². The second-order valence-electron chi connectivity index (χ2n) is 7.50. The second kappa shape index (κ2) is 7.38. The molecule has 5 nitrogen and oxygen atoms in total. The average Bonchev–Trinajstić information content (AvgIpc) is 3.10. The molecule has 138 valence electrons. The first-order valence-electron chi connectivity index (χ1n) is 9.03. The topological polar surface area (TPSA) is 69.8 Å². The molecule has 0 radical (unpaired) electrons. The van der Waals surface area contributed by atoms with Gasteiger partial charge in [-0.05, 0) is 55.7 Å². The van der Waals surface area contributed by atoms with E-state index in [4.69, 9.17) is 10.8 Å². The van der Waals surface area contributed by atoms with Crippen LogP contribution in [0.5, 0.6) is 0 Å². The highest BCUT2D eigenvalue weighted by Crippen LogP contribution is 2.26. The second-order valence-corrected chi connectivity index (χ2v) is 7.50. The van der Waals surface area contributed by atoms with Crippen LogP contribution < -0.4 is 15.5 Å². The Morgan fingerprint density at radius 3 is 1.96 bits per heavy atom. The lowest BCUT2D eigenvalue weighted by molar-refractivity contribution is -0.136. The largest absolute Gasteiger partial charge is 0.481 e. The van der Waals surface area contributed by atoms with Gasteiger partial charge in [-0.3, -0.25) is 4.79 Å². The number of aryl methyl sites for hydroxylation is 1. The van der Waals surface area contributed by atoms with Crippen molar-refractivity contribution in [2.24, 2.45) is 5.73 Å². The fourth-order valence-electron chi connectivity index (χ4n) is 3.24. The summed E-state index contributed by atoms with van der Waals surface area (Å²) in [5.74, 6) is -0.756. The Morgan fingerprint density at radius 2 is 1.50 bits per heavy atom. The van der Waals surface area contributed by atoms with Crippen molar-refractivity contribution < 1.29 is 9.90 Å². The number of carboxylic acid groups (broad SMARTS) is 1. The molecule has 0 unspecified atom stereocenters. The molecule has 2 aromatic rings. The predicted molar refractivity (Wildman–Crippen MR) is 106 cm³/mol. The zero-order valence-electron chi connectivity index (χ0n) is 15.5. The molecular formula is C21H27N3O2. The van der Waals surface area contributed by atoms with Gasteiger partial charge in [0.15, 0.2) is 0 Å². The molecule has 1 heterocycles. The predicted octanol–water partition coefficient (Wildman–Crippen LogP) is 3.18. The summed E-state index contributed by atoms with van der Waals surface area (Å²) in [6.45, 7) is 6.82. The van der Waals surface area contributed by atoms with E-state index < -0.39 is 5.97 Å². The SMILES string of the molecule is CC(C)(N)c1ccc(N2CCN(c3ccc(CCC(=O)O)cc3)C2)cc1. The standard InChI is InChI=1S/C21H27N3O2/c1-21(2,22)17-6-10-19(11-7-17)24-14-13-23(15-24)18-8-3-16(4-9-18)5-12-20(25)26/h3-4,6-11H,5,12-15,22H2,1-2H3,(H,25,26). The van der Waals surface area contributed by atoms with Crippen molar-refractivity contribution in [3.8, 4) is 0 Å². The van der Waals surface area contributed by atoms with E-state index in [1.54, 1.807) is 0 Å². The number of hydrogen-bond donors (Lipinski definition) is 2. The van der Waals surface area contributed by atoms with Crippen LogP contribution in [0, 0.1) is 0 Å². The normalized spacial score (nSPS) is 14.7. The van der Waals surface area contributed by atoms with Gasteiger partial charge in [0.2, 0.25) is 0 Å². The number of carboxylic acids is 1. The number of nitrogens with zero attached hydrogens (tertiary/aromatic N) is 2. The van der Waals surface area contributed by atoms with Crippen molar-refractivity contribution in [2.75, 3.05) is 29.6 Å². The van der Waals surface area contributed by atoms with Gasteiger partial charge < -0.3 is 20.6 Å². The van der Waals surface area contributed by atoms with E-state index in [1.807, 2.05) is 26.0 Å². The Kier molecular flexibility index (Phi) is 5.18. The van der Waals surface area contributed by atoms with Gasteiger partial charge in [0.25, 0.3) is 0 Å². The van der Waals surface area contributed by atoms with Gasteiger partial charge in [0, 0.05) is 36.4 Å². The van der Waals surface area contributed by atoms with Crippen LogP contribution in [0.2, 0.25) is 0 Å². The molecule has 0 atom stereocenters. The molecule has 1 saturated heterocycles. The molecule has 3 rings (SSSR count). The number of aliphatic carboxylic acids is 1. The molecule has 1 fully saturated rings. The van der Waals surface area contributed by atoms with Crippen LogP contribution in [0.1, 0.15) is 31.4 Å². The van der Waals surface area contributed by atoms with Crippen molar-refractivity contribution >= 4 is 17.3 Å². The monoisotopic (exact) mass is 353 g/mol. The number of benzene rings is 2. The van der Waals surface area contributed by atoms with E-state index in [-0.39, 0.29) is 12.0 Å². The zero-order valence-corrected chi connectivity index (χ0v) is 15.5. The van der Waals surface area contributed by atoms with Gasteiger partial charge in [-0.2, -0.15) is 0 Å².